The highest BCUT2D eigenvalue weighted by Gasteiger charge is 2.11. The van der Waals surface area contributed by atoms with Crippen LogP contribution in [0.2, 0.25) is 0 Å². The van der Waals surface area contributed by atoms with Gasteiger partial charge in [0.05, 0.1) is 4.47 Å². The van der Waals surface area contributed by atoms with Crippen LogP contribution < -0.4 is 10.5 Å². The molecule has 2 N–H and O–H groups in total. The predicted octanol–water partition coefficient (Wildman–Crippen LogP) is 4.33. The summed E-state index contributed by atoms with van der Waals surface area (Å²) in [6.07, 6.45) is 0. The molecule has 0 bridgehead atoms. The Bertz CT molecular complexity index is 617. The molecule has 5 heteroatoms. The highest BCUT2D eigenvalue weighted by Crippen LogP contribution is 2.27. The number of ether oxygens (including phenoxy) is 1. The Hall–Kier alpha value is -1.46. The number of benzene rings is 2. The van der Waals surface area contributed by atoms with Gasteiger partial charge in [0.15, 0.2) is 0 Å². The second kappa shape index (κ2) is 6.33. The van der Waals surface area contributed by atoms with E-state index in [-0.39, 0.29) is 18.5 Å². The second-order valence-electron chi connectivity index (χ2n) is 4.47. The van der Waals surface area contributed by atoms with Crippen molar-refractivity contribution in [1.82, 2.24) is 0 Å². The predicted molar refractivity (Wildman–Crippen MR) is 77.4 cm³/mol. The molecule has 0 aliphatic carbocycles. The second-order valence-corrected chi connectivity index (χ2v) is 5.27. The third-order valence-electron chi connectivity index (χ3n) is 2.88. The molecule has 0 heterocycles. The van der Waals surface area contributed by atoms with E-state index >= 15 is 0 Å². The van der Waals surface area contributed by atoms with Crippen LogP contribution in [0.1, 0.15) is 24.1 Å². The molecule has 2 aromatic carbocycles. The molecule has 0 aromatic heterocycles. The van der Waals surface area contributed by atoms with Gasteiger partial charge in [-0.05, 0) is 35.0 Å². The van der Waals surface area contributed by atoms with E-state index in [0.717, 1.165) is 0 Å². The maximum absolute atomic E-state index is 13.4. The highest BCUT2D eigenvalue weighted by atomic mass is 79.9. The van der Waals surface area contributed by atoms with Gasteiger partial charge in [0, 0.05) is 23.2 Å². The maximum Gasteiger partial charge on any atom is 0.137 e. The molecule has 0 saturated carbocycles. The molecule has 0 aliphatic rings. The van der Waals surface area contributed by atoms with Gasteiger partial charge >= 0.3 is 0 Å². The van der Waals surface area contributed by atoms with Gasteiger partial charge in [-0.25, -0.2) is 8.78 Å². The first-order chi connectivity index (χ1) is 9.49. The molecule has 0 saturated heterocycles. The van der Waals surface area contributed by atoms with Crippen molar-refractivity contribution < 1.29 is 13.5 Å². The van der Waals surface area contributed by atoms with Crippen LogP contribution in [0.3, 0.4) is 0 Å². The van der Waals surface area contributed by atoms with Crippen molar-refractivity contribution in [3.05, 3.63) is 63.6 Å². The van der Waals surface area contributed by atoms with Gasteiger partial charge in [-0.2, -0.15) is 0 Å². The molecule has 2 nitrogen and oxygen atoms in total. The highest BCUT2D eigenvalue weighted by molar-refractivity contribution is 9.10. The lowest BCUT2D eigenvalue weighted by Crippen LogP contribution is -2.08. The average Bonchev–Trinajstić information content (AvgIpc) is 2.40. The molecular weight excluding hydrogens is 328 g/mol. The molecule has 106 valence electrons. The Balaban J connectivity index is 2.22. The molecule has 0 spiro atoms. The van der Waals surface area contributed by atoms with Crippen molar-refractivity contribution in [2.75, 3.05) is 0 Å². The SMILES string of the molecule is C[C@@H](N)c1ccc(F)cc1OCc1cccc(F)c1Br. The summed E-state index contributed by atoms with van der Waals surface area (Å²) in [6, 6.07) is 8.62. The molecular formula is C15H14BrF2NO. The lowest BCUT2D eigenvalue weighted by Gasteiger charge is -2.14. The smallest absolute Gasteiger partial charge is 0.137 e. The van der Waals surface area contributed by atoms with Crippen molar-refractivity contribution in [2.24, 2.45) is 5.73 Å². The van der Waals surface area contributed by atoms with E-state index < -0.39 is 5.82 Å². The van der Waals surface area contributed by atoms with Crippen LogP contribution in [0.15, 0.2) is 40.9 Å². The zero-order valence-corrected chi connectivity index (χ0v) is 12.5. The van der Waals surface area contributed by atoms with Gasteiger partial charge in [0.1, 0.15) is 24.0 Å². The summed E-state index contributed by atoms with van der Waals surface area (Å²) < 4.78 is 32.6. The van der Waals surface area contributed by atoms with Crippen LogP contribution in [0.25, 0.3) is 0 Å². The van der Waals surface area contributed by atoms with Crippen molar-refractivity contribution in [2.45, 2.75) is 19.6 Å². The minimum Gasteiger partial charge on any atom is -0.488 e. The van der Waals surface area contributed by atoms with Crippen LogP contribution in [0, 0.1) is 11.6 Å². The Morgan fingerprint density at radius 2 is 2.00 bits per heavy atom. The van der Waals surface area contributed by atoms with E-state index in [2.05, 4.69) is 15.9 Å². The van der Waals surface area contributed by atoms with Gasteiger partial charge in [0.2, 0.25) is 0 Å². The molecule has 2 rings (SSSR count). The van der Waals surface area contributed by atoms with E-state index in [1.807, 2.05) is 0 Å². The summed E-state index contributed by atoms with van der Waals surface area (Å²) in [6.45, 7) is 1.92. The molecule has 0 aliphatic heterocycles. The Labute approximate surface area is 124 Å². The van der Waals surface area contributed by atoms with Gasteiger partial charge in [0.25, 0.3) is 0 Å². The third kappa shape index (κ3) is 3.35. The lowest BCUT2D eigenvalue weighted by molar-refractivity contribution is 0.298. The first-order valence-electron chi connectivity index (χ1n) is 6.09. The molecule has 20 heavy (non-hydrogen) atoms. The average molecular weight is 342 g/mol. The maximum atomic E-state index is 13.4. The number of hydrogen-bond donors (Lipinski definition) is 1. The third-order valence-corrected chi connectivity index (χ3v) is 3.77. The summed E-state index contributed by atoms with van der Waals surface area (Å²) in [7, 11) is 0. The van der Waals surface area contributed by atoms with Crippen molar-refractivity contribution in [3.8, 4) is 5.75 Å². The number of hydrogen-bond acceptors (Lipinski definition) is 2. The van der Waals surface area contributed by atoms with E-state index in [4.69, 9.17) is 10.5 Å². The quantitative estimate of drug-likeness (QED) is 0.898. The van der Waals surface area contributed by atoms with Gasteiger partial charge < -0.3 is 10.5 Å². The molecule has 0 unspecified atom stereocenters. The van der Waals surface area contributed by atoms with Crippen molar-refractivity contribution in [1.29, 1.82) is 0 Å². The Morgan fingerprint density at radius 3 is 2.70 bits per heavy atom. The summed E-state index contributed by atoms with van der Waals surface area (Å²) in [4.78, 5) is 0. The van der Waals surface area contributed by atoms with Gasteiger partial charge in [-0.15, -0.1) is 0 Å². The zero-order valence-electron chi connectivity index (χ0n) is 10.9. The van der Waals surface area contributed by atoms with Crippen LogP contribution in [0.4, 0.5) is 8.78 Å². The molecule has 1 atom stereocenters. The largest absolute Gasteiger partial charge is 0.488 e. The van der Waals surface area contributed by atoms with Crippen molar-refractivity contribution in [3.63, 3.8) is 0 Å². The minimum absolute atomic E-state index is 0.127. The van der Waals surface area contributed by atoms with Crippen LogP contribution in [-0.2, 0) is 6.61 Å². The molecule has 0 fully saturated rings. The normalized spacial score (nSPS) is 12.2. The van der Waals surface area contributed by atoms with E-state index in [9.17, 15) is 8.78 Å². The fourth-order valence-corrected chi connectivity index (χ4v) is 2.20. The first kappa shape index (κ1) is 14.9. The van der Waals surface area contributed by atoms with Crippen LogP contribution in [-0.4, -0.2) is 0 Å². The summed E-state index contributed by atoms with van der Waals surface area (Å²) in [5, 5.41) is 0. The number of nitrogens with two attached hydrogens (primary N) is 1. The van der Waals surface area contributed by atoms with Gasteiger partial charge in [-0.3, -0.25) is 0 Å². The zero-order chi connectivity index (χ0) is 14.7. The Kier molecular flexibility index (Phi) is 4.73. The molecule has 0 radical (unpaired) electrons. The number of rotatable bonds is 4. The number of halogens is 3. The standard InChI is InChI=1S/C15H14BrF2NO/c1-9(19)12-6-5-11(17)7-14(12)20-8-10-3-2-4-13(18)15(10)16/h2-7,9H,8,19H2,1H3/t9-/m1/s1. The van der Waals surface area contributed by atoms with E-state index in [1.165, 1.54) is 18.2 Å². The molecule has 0 amide bonds. The summed E-state index contributed by atoms with van der Waals surface area (Å²) >= 11 is 3.16. The summed E-state index contributed by atoms with van der Waals surface area (Å²) in [5.74, 6) is -0.392. The van der Waals surface area contributed by atoms with Crippen LogP contribution >= 0.6 is 15.9 Å². The summed E-state index contributed by atoms with van der Waals surface area (Å²) in [5.41, 5.74) is 7.17. The Morgan fingerprint density at radius 1 is 1.25 bits per heavy atom. The van der Waals surface area contributed by atoms with Crippen molar-refractivity contribution >= 4 is 15.9 Å². The van der Waals surface area contributed by atoms with E-state index in [1.54, 1.807) is 25.1 Å². The first-order valence-corrected chi connectivity index (χ1v) is 6.89. The van der Waals surface area contributed by atoms with E-state index in [0.29, 0.717) is 21.3 Å². The minimum atomic E-state index is -0.400. The monoisotopic (exact) mass is 341 g/mol. The topological polar surface area (TPSA) is 35.2 Å². The molecule has 2 aromatic rings. The fraction of sp³-hybridized carbons (Fsp3) is 0.200. The van der Waals surface area contributed by atoms with Crippen LogP contribution in [0.5, 0.6) is 5.75 Å². The fourth-order valence-electron chi connectivity index (χ4n) is 1.82. The van der Waals surface area contributed by atoms with Gasteiger partial charge in [-0.1, -0.05) is 18.2 Å². The lowest BCUT2D eigenvalue weighted by atomic mass is 10.1.